The molecule has 0 unspecified atom stereocenters. The van der Waals surface area contributed by atoms with Crippen LogP contribution in [0.15, 0.2) is 46.9 Å². The zero-order valence-electron chi connectivity index (χ0n) is 11.1. The smallest absolute Gasteiger partial charge is 0.137 e. The van der Waals surface area contributed by atoms with Crippen LogP contribution in [-0.4, -0.2) is 0 Å². The van der Waals surface area contributed by atoms with Crippen LogP contribution in [-0.2, 0) is 6.54 Å². The van der Waals surface area contributed by atoms with E-state index in [1.54, 1.807) is 6.07 Å². The third-order valence-electron chi connectivity index (χ3n) is 3.17. The van der Waals surface area contributed by atoms with Crippen LogP contribution < -0.4 is 5.32 Å². The molecule has 0 aliphatic carbocycles. The van der Waals surface area contributed by atoms with E-state index in [9.17, 15) is 4.39 Å². The van der Waals surface area contributed by atoms with Crippen LogP contribution in [0, 0.1) is 12.7 Å². The van der Waals surface area contributed by atoms with Crippen molar-refractivity contribution in [1.82, 2.24) is 5.32 Å². The molecule has 19 heavy (non-hydrogen) atoms. The number of hydrogen-bond acceptors (Lipinski definition) is 1. The van der Waals surface area contributed by atoms with Crippen molar-refractivity contribution in [2.75, 3.05) is 0 Å². The molecule has 2 rings (SSSR count). The lowest BCUT2D eigenvalue weighted by atomic mass is 10.1. The number of benzene rings is 2. The summed E-state index contributed by atoms with van der Waals surface area (Å²) in [5.74, 6) is -0.220. The van der Waals surface area contributed by atoms with Gasteiger partial charge in [0.05, 0.1) is 4.47 Å². The number of aryl methyl sites for hydroxylation is 1. The topological polar surface area (TPSA) is 12.0 Å². The molecule has 0 saturated carbocycles. The Balaban J connectivity index is 2.04. The summed E-state index contributed by atoms with van der Waals surface area (Å²) < 4.78 is 13.9. The lowest BCUT2D eigenvalue weighted by molar-refractivity contribution is 0.566. The average molecular weight is 322 g/mol. The van der Waals surface area contributed by atoms with Crippen LogP contribution in [0.4, 0.5) is 4.39 Å². The zero-order valence-corrected chi connectivity index (χ0v) is 12.7. The molecule has 0 aliphatic heterocycles. The normalized spacial score (nSPS) is 12.4. The van der Waals surface area contributed by atoms with Crippen LogP contribution in [0.2, 0.25) is 0 Å². The first kappa shape index (κ1) is 14.2. The zero-order chi connectivity index (χ0) is 13.8. The monoisotopic (exact) mass is 321 g/mol. The molecule has 0 fully saturated rings. The fraction of sp³-hybridized carbons (Fsp3) is 0.250. The lowest BCUT2D eigenvalue weighted by Gasteiger charge is -2.15. The highest BCUT2D eigenvalue weighted by molar-refractivity contribution is 9.10. The van der Waals surface area contributed by atoms with Crippen LogP contribution in [0.3, 0.4) is 0 Å². The van der Waals surface area contributed by atoms with Gasteiger partial charge in [0.1, 0.15) is 5.82 Å². The Morgan fingerprint density at radius 3 is 2.68 bits per heavy atom. The first-order chi connectivity index (χ1) is 9.08. The van der Waals surface area contributed by atoms with Crippen molar-refractivity contribution in [3.05, 3.63) is 69.4 Å². The van der Waals surface area contributed by atoms with Gasteiger partial charge in [-0.15, -0.1) is 0 Å². The number of halogens is 2. The molecule has 2 aromatic carbocycles. The molecule has 1 atom stereocenters. The molecule has 0 amide bonds. The fourth-order valence-corrected chi connectivity index (χ4v) is 2.41. The summed E-state index contributed by atoms with van der Waals surface area (Å²) in [5.41, 5.74) is 3.42. The third kappa shape index (κ3) is 3.64. The second kappa shape index (κ2) is 6.31. The molecular weight excluding hydrogens is 305 g/mol. The van der Waals surface area contributed by atoms with Gasteiger partial charge in [-0.05, 0) is 47.0 Å². The van der Waals surface area contributed by atoms with Gasteiger partial charge in [0.15, 0.2) is 0 Å². The molecule has 1 nitrogen and oxygen atoms in total. The predicted molar refractivity (Wildman–Crippen MR) is 80.5 cm³/mol. The van der Waals surface area contributed by atoms with E-state index in [-0.39, 0.29) is 11.9 Å². The second-order valence-electron chi connectivity index (χ2n) is 4.73. The van der Waals surface area contributed by atoms with Gasteiger partial charge < -0.3 is 5.32 Å². The molecule has 0 aromatic heterocycles. The summed E-state index contributed by atoms with van der Waals surface area (Å²) in [7, 11) is 0. The maximum Gasteiger partial charge on any atom is 0.137 e. The van der Waals surface area contributed by atoms with E-state index in [0.717, 1.165) is 5.56 Å². The van der Waals surface area contributed by atoms with Gasteiger partial charge in [-0.2, -0.15) is 0 Å². The molecule has 2 aromatic rings. The van der Waals surface area contributed by atoms with E-state index < -0.39 is 0 Å². The van der Waals surface area contributed by atoms with Gasteiger partial charge in [0, 0.05) is 12.6 Å². The van der Waals surface area contributed by atoms with Crippen molar-refractivity contribution in [3.8, 4) is 0 Å². The van der Waals surface area contributed by atoms with E-state index in [1.807, 2.05) is 6.07 Å². The standard InChI is InChI=1S/C16H17BrFN/c1-11-5-3-6-13(9-11)12(2)19-10-14-7-4-8-15(18)16(14)17/h3-9,12,19H,10H2,1-2H3/t12-/m0/s1. The van der Waals surface area contributed by atoms with Crippen LogP contribution in [0.1, 0.15) is 29.7 Å². The number of rotatable bonds is 4. The highest BCUT2D eigenvalue weighted by Crippen LogP contribution is 2.21. The second-order valence-corrected chi connectivity index (χ2v) is 5.52. The Morgan fingerprint density at radius 2 is 1.95 bits per heavy atom. The lowest BCUT2D eigenvalue weighted by Crippen LogP contribution is -2.18. The largest absolute Gasteiger partial charge is 0.306 e. The summed E-state index contributed by atoms with van der Waals surface area (Å²) in [4.78, 5) is 0. The first-order valence-electron chi connectivity index (χ1n) is 6.31. The van der Waals surface area contributed by atoms with Crippen LogP contribution >= 0.6 is 15.9 Å². The molecule has 3 heteroatoms. The van der Waals surface area contributed by atoms with Crippen molar-refractivity contribution in [2.45, 2.75) is 26.4 Å². The first-order valence-corrected chi connectivity index (χ1v) is 7.10. The Hall–Kier alpha value is -1.19. The van der Waals surface area contributed by atoms with Crippen molar-refractivity contribution in [2.24, 2.45) is 0 Å². The SMILES string of the molecule is Cc1cccc([C@H](C)NCc2cccc(F)c2Br)c1. The highest BCUT2D eigenvalue weighted by atomic mass is 79.9. The maximum atomic E-state index is 13.4. The van der Waals surface area contributed by atoms with Crippen molar-refractivity contribution >= 4 is 15.9 Å². The highest BCUT2D eigenvalue weighted by Gasteiger charge is 2.08. The van der Waals surface area contributed by atoms with Crippen molar-refractivity contribution in [3.63, 3.8) is 0 Å². The van der Waals surface area contributed by atoms with Crippen LogP contribution in [0.25, 0.3) is 0 Å². The van der Waals surface area contributed by atoms with Gasteiger partial charge in [0.2, 0.25) is 0 Å². The van der Waals surface area contributed by atoms with E-state index in [1.165, 1.54) is 17.2 Å². The van der Waals surface area contributed by atoms with Gasteiger partial charge in [0.25, 0.3) is 0 Å². The summed E-state index contributed by atoms with van der Waals surface area (Å²) in [6.07, 6.45) is 0. The fourth-order valence-electron chi connectivity index (χ4n) is 2.01. The van der Waals surface area contributed by atoms with Crippen LogP contribution in [0.5, 0.6) is 0 Å². The molecule has 0 aliphatic rings. The van der Waals surface area contributed by atoms with Gasteiger partial charge in [-0.1, -0.05) is 42.0 Å². The summed E-state index contributed by atoms with van der Waals surface area (Å²) in [6, 6.07) is 13.7. The molecule has 0 spiro atoms. The number of nitrogens with one attached hydrogen (secondary N) is 1. The van der Waals surface area contributed by atoms with Crippen molar-refractivity contribution < 1.29 is 4.39 Å². The van der Waals surface area contributed by atoms with E-state index >= 15 is 0 Å². The Morgan fingerprint density at radius 1 is 1.21 bits per heavy atom. The third-order valence-corrected chi connectivity index (χ3v) is 4.06. The summed E-state index contributed by atoms with van der Waals surface area (Å²) >= 11 is 3.28. The predicted octanol–water partition coefficient (Wildman–Crippen LogP) is 4.75. The van der Waals surface area contributed by atoms with E-state index in [0.29, 0.717) is 11.0 Å². The maximum absolute atomic E-state index is 13.4. The van der Waals surface area contributed by atoms with E-state index in [4.69, 9.17) is 0 Å². The van der Waals surface area contributed by atoms with Crippen molar-refractivity contribution in [1.29, 1.82) is 0 Å². The summed E-state index contributed by atoms with van der Waals surface area (Å²) in [6.45, 7) is 4.83. The molecule has 100 valence electrons. The summed E-state index contributed by atoms with van der Waals surface area (Å²) in [5, 5.41) is 3.41. The molecule has 0 heterocycles. The molecule has 1 N–H and O–H groups in total. The minimum atomic E-state index is -0.220. The average Bonchev–Trinajstić information content (AvgIpc) is 2.40. The Bertz CT molecular complexity index is 568. The minimum absolute atomic E-state index is 0.220. The molecule has 0 radical (unpaired) electrons. The minimum Gasteiger partial charge on any atom is -0.306 e. The van der Waals surface area contributed by atoms with Gasteiger partial charge in [-0.3, -0.25) is 0 Å². The van der Waals surface area contributed by atoms with E-state index in [2.05, 4.69) is 59.4 Å². The van der Waals surface area contributed by atoms with Gasteiger partial charge in [-0.25, -0.2) is 4.39 Å². The molecule has 0 saturated heterocycles. The quantitative estimate of drug-likeness (QED) is 0.857. The van der Waals surface area contributed by atoms with Gasteiger partial charge >= 0.3 is 0 Å². The number of hydrogen-bond donors (Lipinski definition) is 1. The Kier molecular flexibility index (Phi) is 4.72. The Labute approximate surface area is 122 Å². The molecular formula is C16H17BrFN. The molecule has 0 bridgehead atoms.